The van der Waals surface area contributed by atoms with E-state index in [0.29, 0.717) is 25.2 Å². The molecule has 1 saturated carbocycles. The number of hydrogen-bond acceptors (Lipinski definition) is 3. The van der Waals surface area contributed by atoms with Crippen LogP contribution < -0.4 is 4.74 Å². The quantitative estimate of drug-likeness (QED) is 0.839. The minimum absolute atomic E-state index is 0.106. The van der Waals surface area contributed by atoms with Gasteiger partial charge in [0.2, 0.25) is 0 Å². The summed E-state index contributed by atoms with van der Waals surface area (Å²) in [4.78, 5) is 11.7. The lowest BCUT2D eigenvalue weighted by molar-refractivity contribution is -0.140. The van der Waals surface area contributed by atoms with Crippen LogP contribution >= 0.6 is 0 Å². The van der Waals surface area contributed by atoms with Crippen LogP contribution in [0.4, 0.5) is 0 Å². The minimum atomic E-state index is -0.752. The van der Waals surface area contributed by atoms with Gasteiger partial charge in [0, 0.05) is 12.7 Å². The molecule has 1 aromatic carbocycles. The fourth-order valence-electron chi connectivity index (χ4n) is 2.79. The number of aryl methyl sites for hydroxylation is 2. The van der Waals surface area contributed by atoms with Crippen LogP contribution in [-0.4, -0.2) is 30.9 Å². The zero-order valence-corrected chi connectivity index (χ0v) is 13.2. The highest BCUT2D eigenvalue weighted by molar-refractivity contribution is 5.86. The van der Waals surface area contributed by atoms with Crippen LogP contribution in [0.1, 0.15) is 43.4 Å². The van der Waals surface area contributed by atoms with Crippen molar-refractivity contribution in [2.75, 3.05) is 13.7 Å². The number of methoxy groups -OCH3 is 1. The van der Waals surface area contributed by atoms with Gasteiger partial charge in [-0.15, -0.1) is 0 Å². The molecule has 1 aliphatic carbocycles. The number of benzene rings is 1. The topological polar surface area (TPSA) is 55.8 Å². The normalized spacial score (nSPS) is 17.3. The predicted molar refractivity (Wildman–Crippen MR) is 81.1 cm³/mol. The Bertz CT molecular complexity index is 532. The summed E-state index contributed by atoms with van der Waals surface area (Å²) in [6.07, 6.45) is 2.15. The lowest BCUT2D eigenvalue weighted by atomic mass is 9.90. The fourth-order valence-corrected chi connectivity index (χ4v) is 2.79. The van der Waals surface area contributed by atoms with E-state index in [4.69, 9.17) is 9.47 Å². The SMILES string of the molecule is CCc1cc(C2(C(=O)O)CC2)c(O[C@@H](C)COC)cc1C. The smallest absolute Gasteiger partial charge is 0.314 e. The molecular weight excluding hydrogens is 268 g/mol. The summed E-state index contributed by atoms with van der Waals surface area (Å²) in [6.45, 7) is 6.53. The second-order valence-electron chi connectivity index (χ2n) is 5.90. The van der Waals surface area contributed by atoms with Crippen molar-refractivity contribution in [1.82, 2.24) is 0 Å². The van der Waals surface area contributed by atoms with E-state index in [2.05, 4.69) is 6.92 Å². The number of carbonyl (C=O) groups is 1. The van der Waals surface area contributed by atoms with Crippen LogP contribution in [-0.2, 0) is 21.4 Å². The van der Waals surface area contributed by atoms with Crippen molar-refractivity contribution in [1.29, 1.82) is 0 Å². The number of carboxylic acid groups (broad SMARTS) is 1. The Hall–Kier alpha value is -1.55. The highest BCUT2D eigenvalue weighted by Gasteiger charge is 2.53. The zero-order chi connectivity index (χ0) is 15.6. The first-order valence-electron chi connectivity index (χ1n) is 7.47. The Balaban J connectivity index is 2.43. The standard InChI is InChI=1S/C17H24O4/c1-5-13-9-14(17(6-7-17)16(18)19)15(8-11(13)2)21-12(3)10-20-4/h8-9,12H,5-7,10H2,1-4H3,(H,18,19)/t12-/m0/s1. The second-order valence-corrected chi connectivity index (χ2v) is 5.90. The molecule has 4 heteroatoms. The summed E-state index contributed by atoms with van der Waals surface area (Å²) in [6, 6.07) is 3.99. The molecule has 0 aliphatic heterocycles. The third-order valence-electron chi connectivity index (χ3n) is 4.22. The highest BCUT2D eigenvalue weighted by Crippen LogP contribution is 2.52. The number of hydrogen-bond donors (Lipinski definition) is 1. The summed E-state index contributed by atoms with van der Waals surface area (Å²) in [5.74, 6) is -0.0631. The van der Waals surface area contributed by atoms with Crippen molar-refractivity contribution in [3.8, 4) is 5.75 Å². The maximum atomic E-state index is 11.7. The van der Waals surface area contributed by atoms with Gasteiger partial charge in [-0.3, -0.25) is 4.79 Å². The molecule has 1 atom stereocenters. The first-order valence-corrected chi connectivity index (χ1v) is 7.47. The van der Waals surface area contributed by atoms with E-state index in [0.717, 1.165) is 17.5 Å². The average Bonchev–Trinajstić information content (AvgIpc) is 3.20. The Morgan fingerprint density at radius 1 is 1.43 bits per heavy atom. The van der Waals surface area contributed by atoms with Gasteiger partial charge in [0.05, 0.1) is 12.0 Å². The van der Waals surface area contributed by atoms with E-state index < -0.39 is 11.4 Å². The van der Waals surface area contributed by atoms with Gasteiger partial charge in [0.15, 0.2) is 0 Å². The van der Waals surface area contributed by atoms with Gasteiger partial charge in [-0.05, 0) is 50.3 Å². The van der Waals surface area contributed by atoms with Crippen LogP contribution in [0.2, 0.25) is 0 Å². The molecule has 1 aliphatic rings. The number of ether oxygens (including phenoxy) is 2. The second kappa shape index (κ2) is 6.06. The molecule has 1 N–H and O–H groups in total. The van der Waals surface area contributed by atoms with Crippen molar-refractivity contribution in [2.45, 2.75) is 51.6 Å². The van der Waals surface area contributed by atoms with Gasteiger partial charge in [0.25, 0.3) is 0 Å². The van der Waals surface area contributed by atoms with Crippen LogP contribution in [0.15, 0.2) is 12.1 Å². The fraction of sp³-hybridized carbons (Fsp3) is 0.588. The van der Waals surface area contributed by atoms with Crippen LogP contribution in [0, 0.1) is 6.92 Å². The van der Waals surface area contributed by atoms with Gasteiger partial charge in [-0.2, -0.15) is 0 Å². The third kappa shape index (κ3) is 3.05. The minimum Gasteiger partial charge on any atom is -0.488 e. The maximum absolute atomic E-state index is 11.7. The first kappa shape index (κ1) is 15.8. The Kier molecular flexibility index (Phi) is 4.57. The van der Waals surface area contributed by atoms with E-state index in [1.54, 1.807) is 7.11 Å². The van der Waals surface area contributed by atoms with Gasteiger partial charge in [-0.1, -0.05) is 13.0 Å². The van der Waals surface area contributed by atoms with E-state index in [1.807, 2.05) is 26.0 Å². The van der Waals surface area contributed by atoms with Crippen molar-refractivity contribution >= 4 is 5.97 Å². The number of aliphatic carboxylic acids is 1. The Labute approximate surface area is 126 Å². The molecule has 1 aromatic rings. The molecule has 1 fully saturated rings. The van der Waals surface area contributed by atoms with Crippen molar-refractivity contribution in [3.63, 3.8) is 0 Å². The summed E-state index contributed by atoms with van der Waals surface area (Å²) in [5, 5.41) is 9.57. The molecule has 21 heavy (non-hydrogen) atoms. The van der Waals surface area contributed by atoms with Crippen LogP contribution in [0.3, 0.4) is 0 Å². The average molecular weight is 292 g/mol. The van der Waals surface area contributed by atoms with Crippen molar-refractivity contribution in [2.24, 2.45) is 0 Å². The third-order valence-corrected chi connectivity index (χ3v) is 4.22. The van der Waals surface area contributed by atoms with Gasteiger partial charge in [-0.25, -0.2) is 0 Å². The van der Waals surface area contributed by atoms with Crippen LogP contribution in [0.5, 0.6) is 5.75 Å². The van der Waals surface area contributed by atoms with Crippen molar-refractivity contribution < 1.29 is 19.4 Å². The Morgan fingerprint density at radius 2 is 2.10 bits per heavy atom. The number of rotatable bonds is 7. The van der Waals surface area contributed by atoms with E-state index in [9.17, 15) is 9.90 Å². The largest absolute Gasteiger partial charge is 0.488 e. The van der Waals surface area contributed by atoms with Gasteiger partial charge in [0.1, 0.15) is 11.9 Å². The van der Waals surface area contributed by atoms with Crippen LogP contribution in [0.25, 0.3) is 0 Å². The van der Waals surface area contributed by atoms with Gasteiger partial charge < -0.3 is 14.6 Å². The molecule has 0 aromatic heterocycles. The molecule has 0 unspecified atom stereocenters. The molecule has 2 rings (SSSR count). The first-order chi connectivity index (χ1) is 9.94. The van der Waals surface area contributed by atoms with Gasteiger partial charge >= 0.3 is 5.97 Å². The molecule has 0 bridgehead atoms. The predicted octanol–water partition coefficient (Wildman–Crippen LogP) is 3.09. The molecule has 0 amide bonds. The van der Waals surface area contributed by atoms with Crippen molar-refractivity contribution in [3.05, 3.63) is 28.8 Å². The van der Waals surface area contributed by atoms with E-state index in [-0.39, 0.29) is 6.10 Å². The molecule has 4 nitrogen and oxygen atoms in total. The monoisotopic (exact) mass is 292 g/mol. The highest BCUT2D eigenvalue weighted by atomic mass is 16.5. The summed E-state index contributed by atoms with van der Waals surface area (Å²) in [5.41, 5.74) is 2.39. The lowest BCUT2D eigenvalue weighted by Gasteiger charge is -2.22. The molecule has 0 heterocycles. The Morgan fingerprint density at radius 3 is 2.57 bits per heavy atom. The molecule has 0 radical (unpaired) electrons. The number of carboxylic acids is 1. The lowest BCUT2D eigenvalue weighted by Crippen LogP contribution is -2.24. The van der Waals surface area contributed by atoms with E-state index in [1.165, 1.54) is 5.56 Å². The zero-order valence-electron chi connectivity index (χ0n) is 13.2. The maximum Gasteiger partial charge on any atom is 0.314 e. The molecule has 0 saturated heterocycles. The summed E-state index contributed by atoms with van der Waals surface area (Å²) >= 11 is 0. The summed E-state index contributed by atoms with van der Waals surface area (Å²) in [7, 11) is 1.63. The molecule has 0 spiro atoms. The summed E-state index contributed by atoms with van der Waals surface area (Å²) < 4.78 is 11.1. The molecule has 116 valence electrons. The van der Waals surface area contributed by atoms with E-state index >= 15 is 0 Å². The molecular formula is C17H24O4.